The predicted octanol–water partition coefficient (Wildman–Crippen LogP) is 7.42. The predicted molar refractivity (Wildman–Crippen MR) is 140 cm³/mol. The van der Waals surface area contributed by atoms with Crippen molar-refractivity contribution in [2.24, 2.45) is 0 Å². The Morgan fingerprint density at radius 2 is 1.28 bits per heavy atom. The van der Waals surface area contributed by atoms with Crippen LogP contribution in [0.5, 0.6) is 0 Å². The summed E-state index contributed by atoms with van der Waals surface area (Å²) in [6, 6.07) is 11.3. The molecule has 0 radical (unpaired) electrons. The maximum absolute atomic E-state index is 7.57. The average molecular weight is 444 g/mol. The Morgan fingerprint density at radius 1 is 0.781 bits per heavy atom. The number of aliphatic hydroxyl groups is 1. The molecule has 0 aromatic heterocycles. The minimum atomic E-state index is 0.250. The molecule has 2 aromatic carbocycles. The van der Waals surface area contributed by atoms with Crippen molar-refractivity contribution in [1.29, 1.82) is 0 Å². The Kier molecular flexibility index (Phi) is 16.9. The van der Waals surface area contributed by atoms with Gasteiger partial charge in [-0.2, -0.15) is 0 Å². The lowest BCUT2D eigenvalue weighted by Gasteiger charge is -2.23. The number of ether oxygens (including phenoxy) is 1. The SMILES string of the molecule is CC.CCCCCN(COCc1c(C)cc(C)cc1C)Cc1cc(C)cc(C)c1.CCO. The molecule has 3 nitrogen and oxygen atoms in total. The summed E-state index contributed by atoms with van der Waals surface area (Å²) in [4.78, 5) is 2.45. The van der Waals surface area contributed by atoms with E-state index in [-0.39, 0.29) is 6.61 Å². The van der Waals surface area contributed by atoms with Crippen LogP contribution in [0.1, 0.15) is 85.9 Å². The van der Waals surface area contributed by atoms with Crippen molar-refractivity contribution in [3.63, 3.8) is 0 Å². The van der Waals surface area contributed by atoms with Crippen LogP contribution in [-0.4, -0.2) is 29.9 Å². The summed E-state index contributed by atoms with van der Waals surface area (Å²) in [7, 11) is 0. The van der Waals surface area contributed by atoms with E-state index in [2.05, 4.69) is 76.8 Å². The van der Waals surface area contributed by atoms with Crippen molar-refractivity contribution in [2.75, 3.05) is 19.9 Å². The third-order valence-corrected chi connectivity index (χ3v) is 5.13. The highest BCUT2D eigenvalue weighted by Gasteiger charge is 2.09. The first kappa shape index (κ1) is 30.3. The number of aliphatic hydroxyl groups excluding tert-OH is 1. The van der Waals surface area contributed by atoms with Gasteiger partial charge in [0.05, 0.1) is 13.3 Å². The molecule has 0 aliphatic carbocycles. The first-order valence-corrected chi connectivity index (χ1v) is 12.4. The molecule has 32 heavy (non-hydrogen) atoms. The van der Waals surface area contributed by atoms with Crippen molar-refractivity contribution in [1.82, 2.24) is 4.90 Å². The summed E-state index contributed by atoms with van der Waals surface area (Å²) in [5.41, 5.74) is 9.38. The van der Waals surface area contributed by atoms with Gasteiger partial charge in [-0.3, -0.25) is 4.90 Å². The van der Waals surface area contributed by atoms with E-state index in [4.69, 9.17) is 9.84 Å². The maximum Gasteiger partial charge on any atom is 0.0997 e. The highest BCUT2D eigenvalue weighted by atomic mass is 16.5. The van der Waals surface area contributed by atoms with Crippen molar-refractivity contribution < 1.29 is 9.84 Å². The highest BCUT2D eigenvalue weighted by molar-refractivity contribution is 5.37. The monoisotopic (exact) mass is 443 g/mol. The topological polar surface area (TPSA) is 32.7 Å². The van der Waals surface area contributed by atoms with Crippen molar-refractivity contribution in [3.05, 3.63) is 69.3 Å². The first-order chi connectivity index (χ1) is 15.3. The van der Waals surface area contributed by atoms with Gasteiger partial charge < -0.3 is 9.84 Å². The largest absolute Gasteiger partial charge is 0.397 e. The van der Waals surface area contributed by atoms with E-state index >= 15 is 0 Å². The highest BCUT2D eigenvalue weighted by Crippen LogP contribution is 2.18. The lowest BCUT2D eigenvalue weighted by Crippen LogP contribution is -2.27. The molecule has 2 rings (SSSR count). The van der Waals surface area contributed by atoms with Crippen LogP contribution >= 0.6 is 0 Å². The molecule has 0 aliphatic heterocycles. The number of benzene rings is 2. The van der Waals surface area contributed by atoms with E-state index in [0.29, 0.717) is 13.3 Å². The molecule has 2 aromatic rings. The second-order valence-electron chi connectivity index (χ2n) is 8.43. The van der Waals surface area contributed by atoms with Gasteiger partial charge in [-0.15, -0.1) is 0 Å². The van der Waals surface area contributed by atoms with E-state index < -0.39 is 0 Å². The Balaban J connectivity index is 0.00000177. The Morgan fingerprint density at radius 3 is 1.78 bits per heavy atom. The van der Waals surface area contributed by atoms with Gasteiger partial charge in [-0.1, -0.05) is 80.6 Å². The minimum Gasteiger partial charge on any atom is -0.397 e. The van der Waals surface area contributed by atoms with Crippen LogP contribution in [0, 0.1) is 34.6 Å². The lowest BCUT2D eigenvalue weighted by atomic mass is 10.0. The zero-order valence-electron chi connectivity index (χ0n) is 22.3. The van der Waals surface area contributed by atoms with Crippen LogP contribution in [0.3, 0.4) is 0 Å². The molecule has 0 atom stereocenters. The Bertz CT molecular complexity index is 712. The summed E-state index contributed by atoms with van der Waals surface area (Å²) in [6.07, 6.45) is 3.76. The molecular formula is C29H49NO2. The molecule has 0 saturated carbocycles. The van der Waals surface area contributed by atoms with Gasteiger partial charge in [0.1, 0.15) is 0 Å². The van der Waals surface area contributed by atoms with Gasteiger partial charge in [0.2, 0.25) is 0 Å². The molecule has 182 valence electrons. The van der Waals surface area contributed by atoms with Gasteiger partial charge in [0.15, 0.2) is 0 Å². The van der Waals surface area contributed by atoms with Gasteiger partial charge in [0.25, 0.3) is 0 Å². The molecule has 0 saturated heterocycles. The lowest BCUT2D eigenvalue weighted by molar-refractivity contribution is 0.0130. The molecule has 0 spiro atoms. The molecular weight excluding hydrogens is 394 g/mol. The van der Waals surface area contributed by atoms with E-state index in [1.54, 1.807) is 6.92 Å². The quantitative estimate of drug-likeness (QED) is 0.306. The van der Waals surface area contributed by atoms with Crippen molar-refractivity contribution in [3.8, 4) is 0 Å². The molecule has 0 aliphatic rings. The molecule has 0 unspecified atom stereocenters. The number of hydrogen-bond donors (Lipinski definition) is 1. The summed E-state index contributed by atoms with van der Waals surface area (Å²) in [5.74, 6) is 0. The van der Waals surface area contributed by atoms with E-state index in [9.17, 15) is 0 Å². The van der Waals surface area contributed by atoms with Crippen LogP contribution in [-0.2, 0) is 17.9 Å². The number of hydrogen-bond acceptors (Lipinski definition) is 3. The van der Waals surface area contributed by atoms with Crippen LogP contribution in [0.15, 0.2) is 30.3 Å². The molecule has 3 heteroatoms. The standard InChI is InChI=1S/C25H37NO.C2H6O.C2H6/c1-7-8-9-10-26(16-24-14-19(2)11-20(3)15-24)18-27-17-25-22(5)12-21(4)13-23(25)6;1-2-3;1-2/h11-15H,7-10,16-18H2,1-6H3;3H,2H2,1H3;1-2H3. The average Bonchev–Trinajstić information content (AvgIpc) is 2.71. The zero-order chi connectivity index (χ0) is 24.5. The summed E-state index contributed by atoms with van der Waals surface area (Å²) in [5, 5.41) is 7.57. The van der Waals surface area contributed by atoms with E-state index in [1.165, 1.54) is 58.2 Å². The molecule has 0 amide bonds. The Labute approximate surface area is 198 Å². The molecule has 0 bridgehead atoms. The molecule has 0 fully saturated rings. The van der Waals surface area contributed by atoms with E-state index in [0.717, 1.165) is 13.1 Å². The number of rotatable bonds is 10. The third kappa shape index (κ3) is 12.4. The summed E-state index contributed by atoms with van der Waals surface area (Å²) < 4.78 is 6.17. The van der Waals surface area contributed by atoms with Crippen molar-refractivity contribution >= 4 is 0 Å². The number of nitrogens with zero attached hydrogens (tertiary/aromatic N) is 1. The van der Waals surface area contributed by atoms with Gasteiger partial charge in [-0.05, 0) is 70.2 Å². The second kappa shape index (κ2) is 17.8. The second-order valence-corrected chi connectivity index (χ2v) is 8.43. The van der Waals surface area contributed by atoms with Crippen LogP contribution in [0.25, 0.3) is 0 Å². The maximum atomic E-state index is 7.57. The third-order valence-electron chi connectivity index (χ3n) is 5.13. The Hall–Kier alpha value is -1.68. The first-order valence-electron chi connectivity index (χ1n) is 12.4. The van der Waals surface area contributed by atoms with Crippen LogP contribution in [0.2, 0.25) is 0 Å². The molecule has 0 heterocycles. The summed E-state index contributed by atoms with van der Waals surface area (Å²) in [6.45, 7) is 22.5. The smallest absolute Gasteiger partial charge is 0.0997 e. The fourth-order valence-corrected chi connectivity index (χ4v) is 3.91. The number of aryl methyl sites for hydroxylation is 5. The van der Waals surface area contributed by atoms with Gasteiger partial charge in [-0.25, -0.2) is 0 Å². The van der Waals surface area contributed by atoms with Gasteiger partial charge >= 0.3 is 0 Å². The van der Waals surface area contributed by atoms with Crippen LogP contribution in [0.4, 0.5) is 0 Å². The fraction of sp³-hybridized carbons (Fsp3) is 0.586. The van der Waals surface area contributed by atoms with Crippen LogP contribution < -0.4 is 0 Å². The zero-order valence-corrected chi connectivity index (χ0v) is 22.3. The number of unbranched alkanes of at least 4 members (excludes halogenated alkanes) is 2. The minimum absolute atomic E-state index is 0.250. The van der Waals surface area contributed by atoms with Crippen molar-refractivity contribution in [2.45, 2.75) is 94.7 Å². The van der Waals surface area contributed by atoms with E-state index in [1.807, 2.05) is 13.8 Å². The van der Waals surface area contributed by atoms with Gasteiger partial charge in [0, 0.05) is 19.7 Å². The normalized spacial score (nSPS) is 10.3. The molecule has 1 N–H and O–H groups in total. The fourth-order valence-electron chi connectivity index (χ4n) is 3.91. The summed E-state index contributed by atoms with van der Waals surface area (Å²) >= 11 is 0.